The predicted molar refractivity (Wildman–Crippen MR) is 121 cm³/mol. The van der Waals surface area contributed by atoms with Crippen molar-refractivity contribution in [2.24, 2.45) is 0 Å². The van der Waals surface area contributed by atoms with Gasteiger partial charge in [0.1, 0.15) is 17.4 Å². The fraction of sp³-hybridized carbons (Fsp3) is 0.455. The van der Waals surface area contributed by atoms with Gasteiger partial charge in [-0.25, -0.2) is 22.5 Å². The Morgan fingerprint density at radius 1 is 1.24 bits per heavy atom. The van der Waals surface area contributed by atoms with Gasteiger partial charge >= 0.3 is 0 Å². The SMILES string of the molecule is COc1ccc(S(=O)(=O)NC2CN(COC(C)(C)C)C2)cc1C(=O)Nc1ccc(F)c(C)n1. The van der Waals surface area contributed by atoms with E-state index in [1.54, 1.807) is 0 Å². The van der Waals surface area contributed by atoms with E-state index in [0.29, 0.717) is 19.8 Å². The van der Waals surface area contributed by atoms with Crippen LogP contribution in [0.1, 0.15) is 36.8 Å². The molecule has 180 valence electrons. The number of nitrogens with one attached hydrogen (secondary N) is 2. The molecule has 1 fully saturated rings. The molecule has 1 aromatic heterocycles. The molecule has 9 nitrogen and oxygen atoms in total. The van der Waals surface area contributed by atoms with E-state index in [2.05, 4.69) is 15.0 Å². The summed E-state index contributed by atoms with van der Waals surface area (Å²) in [5.74, 6) is -0.792. The molecule has 0 aliphatic carbocycles. The Morgan fingerprint density at radius 3 is 2.55 bits per heavy atom. The van der Waals surface area contributed by atoms with Crippen LogP contribution in [0, 0.1) is 12.7 Å². The number of likely N-dealkylation sites (tertiary alicyclic amines) is 1. The second kappa shape index (κ2) is 9.72. The number of benzene rings is 1. The van der Waals surface area contributed by atoms with Gasteiger partial charge in [-0.3, -0.25) is 9.69 Å². The highest BCUT2D eigenvalue weighted by atomic mass is 32.2. The minimum absolute atomic E-state index is 0.0120. The molecule has 2 aromatic rings. The van der Waals surface area contributed by atoms with Gasteiger partial charge in [-0.1, -0.05) is 0 Å². The van der Waals surface area contributed by atoms with Crippen molar-refractivity contribution in [3.63, 3.8) is 0 Å². The van der Waals surface area contributed by atoms with E-state index in [-0.39, 0.29) is 39.4 Å². The Labute approximate surface area is 193 Å². The Bertz CT molecular complexity index is 1130. The van der Waals surface area contributed by atoms with Crippen LogP contribution < -0.4 is 14.8 Å². The van der Waals surface area contributed by atoms with Crippen molar-refractivity contribution in [2.45, 2.75) is 44.2 Å². The highest BCUT2D eigenvalue weighted by Crippen LogP contribution is 2.24. The first-order valence-electron chi connectivity index (χ1n) is 10.4. The van der Waals surface area contributed by atoms with Gasteiger partial charge in [-0.15, -0.1) is 0 Å². The first-order chi connectivity index (χ1) is 15.4. The number of sulfonamides is 1. The molecule has 0 unspecified atom stereocenters. The number of halogens is 1. The zero-order valence-corrected chi connectivity index (χ0v) is 20.1. The van der Waals surface area contributed by atoms with E-state index < -0.39 is 21.7 Å². The van der Waals surface area contributed by atoms with Crippen LogP contribution in [0.25, 0.3) is 0 Å². The lowest BCUT2D eigenvalue weighted by Gasteiger charge is -2.40. The molecular weight excluding hydrogens is 451 g/mol. The van der Waals surface area contributed by atoms with Gasteiger partial charge in [0, 0.05) is 19.1 Å². The molecule has 3 rings (SSSR count). The molecule has 0 radical (unpaired) electrons. The Balaban J connectivity index is 1.70. The maximum Gasteiger partial charge on any atom is 0.260 e. The van der Waals surface area contributed by atoms with Crippen LogP contribution in [0.4, 0.5) is 10.2 Å². The standard InChI is InChI=1S/C22H29FN4O5S/c1-14-18(23)7-9-20(24-14)25-21(28)17-10-16(6-8-19(17)31-5)33(29,30)26-15-11-27(12-15)13-32-22(2,3)4/h6-10,15,26H,11-13H2,1-5H3,(H,24,25,28). The quantitative estimate of drug-likeness (QED) is 0.597. The highest BCUT2D eigenvalue weighted by molar-refractivity contribution is 7.89. The summed E-state index contributed by atoms with van der Waals surface area (Å²) in [4.78, 5) is 18.7. The molecule has 1 aliphatic rings. The number of aryl methyl sites for hydroxylation is 1. The molecule has 1 amide bonds. The van der Waals surface area contributed by atoms with Gasteiger partial charge in [0.25, 0.3) is 5.91 Å². The summed E-state index contributed by atoms with van der Waals surface area (Å²) in [5.41, 5.74) is -0.132. The average Bonchev–Trinajstić information content (AvgIpc) is 2.71. The molecule has 0 atom stereocenters. The molecule has 1 aliphatic heterocycles. The Hall–Kier alpha value is -2.60. The van der Waals surface area contributed by atoms with Crippen LogP contribution in [0.2, 0.25) is 0 Å². The normalized spacial score (nSPS) is 15.2. The van der Waals surface area contributed by atoms with Gasteiger partial charge in [0.05, 0.1) is 35.6 Å². The first kappa shape index (κ1) is 25.0. The number of carbonyl (C=O) groups excluding carboxylic acids is 1. The van der Waals surface area contributed by atoms with Gasteiger partial charge in [-0.05, 0) is 58.0 Å². The van der Waals surface area contributed by atoms with Crippen molar-refractivity contribution < 1.29 is 27.1 Å². The Kier molecular flexibility index (Phi) is 7.37. The van der Waals surface area contributed by atoms with Crippen molar-refractivity contribution in [2.75, 3.05) is 32.2 Å². The smallest absolute Gasteiger partial charge is 0.260 e. The zero-order valence-electron chi connectivity index (χ0n) is 19.3. The van der Waals surface area contributed by atoms with Crippen LogP contribution >= 0.6 is 0 Å². The number of methoxy groups -OCH3 is 1. The summed E-state index contributed by atoms with van der Waals surface area (Å²) in [6, 6.07) is 6.28. The number of rotatable bonds is 8. The molecule has 0 spiro atoms. The number of ether oxygens (including phenoxy) is 2. The molecule has 2 heterocycles. The van der Waals surface area contributed by atoms with Crippen LogP contribution in [0.5, 0.6) is 5.75 Å². The average molecular weight is 481 g/mol. The number of anilines is 1. The minimum Gasteiger partial charge on any atom is -0.496 e. The van der Waals surface area contributed by atoms with Gasteiger partial charge in [0.2, 0.25) is 10.0 Å². The van der Waals surface area contributed by atoms with E-state index >= 15 is 0 Å². The van der Waals surface area contributed by atoms with Gasteiger partial charge in [-0.2, -0.15) is 0 Å². The molecule has 1 saturated heterocycles. The van der Waals surface area contributed by atoms with Crippen molar-refractivity contribution in [3.05, 3.63) is 47.4 Å². The molecule has 11 heteroatoms. The predicted octanol–water partition coefficient (Wildman–Crippen LogP) is 2.53. The lowest BCUT2D eigenvalue weighted by atomic mass is 10.1. The fourth-order valence-corrected chi connectivity index (χ4v) is 4.40. The van der Waals surface area contributed by atoms with E-state index in [0.717, 1.165) is 0 Å². The highest BCUT2D eigenvalue weighted by Gasteiger charge is 2.32. The third-order valence-corrected chi connectivity index (χ3v) is 6.47. The van der Waals surface area contributed by atoms with E-state index in [1.807, 2.05) is 25.7 Å². The van der Waals surface area contributed by atoms with Gasteiger partial charge in [0.15, 0.2) is 0 Å². The van der Waals surface area contributed by atoms with Crippen molar-refractivity contribution in [1.29, 1.82) is 0 Å². The van der Waals surface area contributed by atoms with Crippen molar-refractivity contribution >= 4 is 21.7 Å². The number of nitrogens with zero attached hydrogens (tertiary/aromatic N) is 2. The third kappa shape index (κ3) is 6.47. The number of hydrogen-bond donors (Lipinski definition) is 2. The summed E-state index contributed by atoms with van der Waals surface area (Å²) in [5, 5.41) is 2.54. The number of aromatic nitrogens is 1. The van der Waals surface area contributed by atoms with Gasteiger partial charge < -0.3 is 14.8 Å². The minimum atomic E-state index is -3.87. The molecular formula is C22H29FN4O5S. The molecule has 33 heavy (non-hydrogen) atoms. The number of pyridine rings is 1. The molecule has 0 saturated carbocycles. The van der Waals surface area contributed by atoms with E-state index in [9.17, 15) is 17.6 Å². The molecule has 1 aromatic carbocycles. The van der Waals surface area contributed by atoms with Crippen molar-refractivity contribution in [3.8, 4) is 5.75 Å². The summed E-state index contributed by atoms with van der Waals surface area (Å²) in [7, 11) is -2.50. The zero-order chi connectivity index (χ0) is 24.4. The maximum atomic E-state index is 13.4. The number of carbonyl (C=O) groups is 1. The van der Waals surface area contributed by atoms with Crippen LogP contribution in [0.3, 0.4) is 0 Å². The topological polar surface area (TPSA) is 110 Å². The maximum absolute atomic E-state index is 13.4. The number of hydrogen-bond acceptors (Lipinski definition) is 7. The molecule has 0 bridgehead atoms. The second-order valence-electron chi connectivity index (χ2n) is 8.82. The first-order valence-corrected chi connectivity index (χ1v) is 11.9. The summed E-state index contributed by atoms with van der Waals surface area (Å²) in [6.45, 7) is 8.81. The second-order valence-corrected chi connectivity index (χ2v) is 10.5. The van der Waals surface area contributed by atoms with Crippen LogP contribution in [-0.4, -0.2) is 62.8 Å². The summed E-state index contributed by atoms with van der Waals surface area (Å²) >= 11 is 0. The largest absolute Gasteiger partial charge is 0.496 e. The van der Waals surface area contributed by atoms with Crippen LogP contribution in [-0.2, 0) is 14.8 Å². The lowest BCUT2D eigenvalue weighted by molar-refractivity contribution is -0.0864. The lowest BCUT2D eigenvalue weighted by Crippen LogP contribution is -2.59. The summed E-state index contributed by atoms with van der Waals surface area (Å²) in [6.07, 6.45) is 0. The third-order valence-electron chi connectivity index (χ3n) is 4.95. The Morgan fingerprint density at radius 2 is 1.94 bits per heavy atom. The van der Waals surface area contributed by atoms with E-state index in [1.165, 1.54) is 44.4 Å². The number of amides is 1. The summed E-state index contributed by atoms with van der Waals surface area (Å²) < 4.78 is 52.8. The monoisotopic (exact) mass is 480 g/mol. The fourth-order valence-electron chi connectivity index (χ4n) is 3.15. The molecule has 2 N–H and O–H groups in total. The van der Waals surface area contributed by atoms with Crippen LogP contribution in [0.15, 0.2) is 35.2 Å². The van der Waals surface area contributed by atoms with Crippen molar-refractivity contribution in [1.82, 2.24) is 14.6 Å². The van der Waals surface area contributed by atoms with E-state index in [4.69, 9.17) is 9.47 Å².